The van der Waals surface area contributed by atoms with Gasteiger partial charge in [0.2, 0.25) is 0 Å². The van der Waals surface area contributed by atoms with Crippen molar-refractivity contribution in [2.75, 3.05) is 40.3 Å². The Hall–Kier alpha value is -1.39. The molecule has 0 bridgehead atoms. The smallest absolute Gasteiger partial charge is 0.124 e. The van der Waals surface area contributed by atoms with E-state index in [4.69, 9.17) is 4.74 Å². The Morgan fingerprint density at radius 2 is 1.82 bits per heavy atom. The number of hydrogen-bond acceptors (Lipinski definition) is 4. The minimum atomic E-state index is 0.153. The van der Waals surface area contributed by atoms with E-state index >= 15 is 0 Å². The number of hydrogen-bond donors (Lipinski definition) is 1. The van der Waals surface area contributed by atoms with Gasteiger partial charge in [-0.2, -0.15) is 0 Å². The van der Waals surface area contributed by atoms with Gasteiger partial charge in [0.25, 0.3) is 0 Å². The number of piperidine rings is 1. The number of carbonyl (C=O) groups is 1. The monoisotopic (exact) mass is 392 g/mol. The molecule has 1 heterocycles. The molecule has 1 rings (SSSR count). The van der Waals surface area contributed by atoms with Crippen molar-refractivity contribution in [3.05, 3.63) is 36.6 Å². The second kappa shape index (κ2) is 16.6. The molecule has 0 spiro atoms. The van der Waals surface area contributed by atoms with Gasteiger partial charge < -0.3 is 19.7 Å². The molecule has 0 aromatic carbocycles. The Morgan fingerprint density at radius 3 is 2.32 bits per heavy atom. The van der Waals surface area contributed by atoms with Crippen LogP contribution in [0.25, 0.3) is 0 Å². The van der Waals surface area contributed by atoms with Crippen LogP contribution in [0.1, 0.15) is 52.9 Å². The van der Waals surface area contributed by atoms with Gasteiger partial charge in [-0.25, -0.2) is 0 Å². The van der Waals surface area contributed by atoms with Crippen LogP contribution in [0.3, 0.4) is 0 Å². The summed E-state index contributed by atoms with van der Waals surface area (Å²) in [7, 11) is 3.72. The summed E-state index contributed by atoms with van der Waals surface area (Å²) in [5, 5.41) is 3.36. The Labute approximate surface area is 174 Å². The molecule has 2 atom stereocenters. The van der Waals surface area contributed by atoms with Crippen molar-refractivity contribution in [3.63, 3.8) is 0 Å². The van der Waals surface area contributed by atoms with E-state index < -0.39 is 0 Å². The molecule has 2 unspecified atom stereocenters. The van der Waals surface area contributed by atoms with Gasteiger partial charge in [-0.3, -0.25) is 0 Å². The summed E-state index contributed by atoms with van der Waals surface area (Å²) in [6.07, 6.45) is 10.9. The van der Waals surface area contributed by atoms with Crippen LogP contribution in [-0.4, -0.2) is 51.5 Å². The summed E-state index contributed by atoms with van der Waals surface area (Å²) in [6.45, 7) is 18.3. The molecule has 1 N–H and O–H groups in total. The van der Waals surface area contributed by atoms with Gasteiger partial charge in [-0.1, -0.05) is 58.4 Å². The topological polar surface area (TPSA) is 41.6 Å². The highest BCUT2D eigenvalue weighted by Gasteiger charge is 2.24. The second-order valence-electron chi connectivity index (χ2n) is 7.92. The van der Waals surface area contributed by atoms with Crippen LogP contribution >= 0.6 is 0 Å². The minimum Gasteiger partial charge on any atom is -0.497 e. The first-order valence-electron chi connectivity index (χ1n) is 10.8. The number of carbonyl (C=O) groups excluding carboxylic acids is 1. The van der Waals surface area contributed by atoms with Crippen LogP contribution in [0.4, 0.5) is 0 Å². The summed E-state index contributed by atoms with van der Waals surface area (Å²) < 4.78 is 5.02. The van der Waals surface area contributed by atoms with Crippen LogP contribution in [0, 0.1) is 17.8 Å². The Balaban J connectivity index is 0.00000165. The molecule has 0 amide bonds. The quantitative estimate of drug-likeness (QED) is 0.293. The lowest BCUT2D eigenvalue weighted by atomic mass is 9.85. The van der Waals surface area contributed by atoms with Crippen molar-refractivity contribution >= 4 is 6.29 Å². The summed E-state index contributed by atoms with van der Waals surface area (Å²) in [5.74, 6) is 1.71. The molecule has 162 valence electrons. The molecule has 0 aliphatic carbocycles. The molecule has 1 aliphatic heterocycles. The number of rotatable bonds is 12. The van der Waals surface area contributed by atoms with Crippen LogP contribution in [0.5, 0.6) is 0 Å². The van der Waals surface area contributed by atoms with Crippen LogP contribution < -0.4 is 5.32 Å². The third kappa shape index (κ3) is 12.1. The van der Waals surface area contributed by atoms with Gasteiger partial charge in [-0.15, -0.1) is 0 Å². The summed E-state index contributed by atoms with van der Waals surface area (Å²) in [4.78, 5) is 13.8. The largest absolute Gasteiger partial charge is 0.497 e. The molecule has 0 aromatic heterocycles. The van der Waals surface area contributed by atoms with Gasteiger partial charge in [0.15, 0.2) is 0 Å². The lowest BCUT2D eigenvalue weighted by Crippen LogP contribution is -2.37. The van der Waals surface area contributed by atoms with E-state index in [2.05, 4.69) is 51.2 Å². The minimum absolute atomic E-state index is 0.153. The zero-order valence-electron chi connectivity index (χ0n) is 19.0. The van der Waals surface area contributed by atoms with Crippen molar-refractivity contribution in [3.8, 4) is 0 Å². The number of ether oxygens (including phenoxy) is 1. The molecule has 4 heteroatoms. The maximum atomic E-state index is 11.5. The highest BCUT2D eigenvalue weighted by Crippen LogP contribution is 2.22. The van der Waals surface area contributed by atoms with E-state index in [1.807, 2.05) is 12.2 Å². The maximum Gasteiger partial charge on any atom is 0.124 e. The third-order valence-corrected chi connectivity index (χ3v) is 5.51. The Bertz CT molecular complexity index is 465. The standard InChI is InChI=1S/C20H34N2O2.C4H10/c1-16(6-7-18(3)24-5)17(2)10-13-22(4)14-20(15-23)19-8-11-21-12-9-19;1-3-4-2/h6-7,15,17,19-21H,1,3,8-14H2,2,4-5H3;3-4H2,1-2H3/b7-6-;. The summed E-state index contributed by atoms with van der Waals surface area (Å²) in [5.41, 5.74) is 1.08. The molecule has 4 nitrogen and oxygen atoms in total. The molecule has 28 heavy (non-hydrogen) atoms. The van der Waals surface area contributed by atoms with E-state index in [1.54, 1.807) is 7.11 Å². The lowest BCUT2D eigenvalue weighted by Gasteiger charge is -2.30. The SMILES string of the molecule is C=C(/C=C\C(=C)C(C)CCN(C)CC(C=O)C1CCNCC1)OC.CCCC. The van der Waals surface area contributed by atoms with Gasteiger partial charge >= 0.3 is 0 Å². The molecular weight excluding hydrogens is 348 g/mol. The van der Waals surface area contributed by atoms with Crippen LogP contribution in [0.2, 0.25) is 0 Å². The van der Waals surface area contributed by atoms with Crippen molar-refractivity contribution < 1.29 is 9.53 Å². The highest BCUT2D eigenvalue weighted by atomic mass is 16.5. The first-order valence-corrected chi connectivity index (χ1v) is 10.8. The molecular formula is C24H44N2O2. The van der Waals surface area contributed by atoms with Gasteiger partial charge in [0.1, 0.15) is 12.0 Å². The van der Waals surface area contributed by atoms with Crippen LogP contribution in [-0.2, 0) is 9.53 Å². The van der Waals surface area contributed by atoms with Crippen molar-refractivity contribution in [2.24, 2.45) is 17.8 Å². The second-order valence-corrected chi connectivity index (χ2v) is 7.92. The van der Waals surface area contributed by atoms with Crippen molar-refractivity contribution in [1.29, 1.82) is 0 Å². The predicted octanol–water partition coefficient (Wildman–Crippen LogP) is 4.84. The molecule has 0 radical (unpaired) electrons. The first-order chi connectivity index (χ1) is 13.4. The number of methoxy groups -OCH3 is 1. The lowest BCUT2D eigenvalue weighted by molar-refractivity contribution is -0.113. The number of nitrogens with one attached hydrogen (secondary N) is 1. The number of allylic oxidation sites excluding steroid dienone is 3. The number of unbranched alkanes of at least 4 members (excludes halogenated alkanes) is 1. The van der Waals surface area contributed by atoms with E-state index in [0.717, 1.165) is 57.3 Å². The average Bonchev–Trinajstić information content (AvgIpc) is 2.74. The zero-order valence-corrected chi connectivity index (χ0v) is 19.0. The Kier molecular flexibility index (Phi) is 15.7. The molecule has 0 saturated carbocycles. The first kappa shape index (κ1) is 26.6. The number of aldehydes is 1. The maximum absolute atomic E-state index is 11.5. The van der Waals surface area contributed by atoms with Gasteiger partial charge in [0, 0.05) is 12.5 Å². The number of nitrogens with zero attached hydrogens (tertiary/aromatic N) is 1. The highest BCUT2D eigenvalue weighted by molar-refractivity contribution is 5.54. The normalized spacial score (nSPS) is 16.9. The molecule has 1 fully saturated rings. The molecule has 0 aromatic rings. The van der Waals surface area contributed by atoms with Gasteiger partial charge in [0.05, 0.1) is 7.11 Å². The fraction of sp³-hybridized carbons (Fsp3) is 0.708. The van der Waals surface area contributed by atoms with Gasteiger partial charge in [-0.05, 0) is 63.9 Å². The van der Waals surface area contributed by atoms with E-state index in [0.29, 0.717) is 17.6 Å². The summed E-state index contributed by atoms with van der Waals surface area (Å²) >= 11 is 0. The van der Waals surface area contributed by atoms with Crippen molar-refractivity contribution in [1.82, 2.24) is 10.2 Å². The zero-order chi connectivity index (χ0) is 21.4. The fourth-order valence-electron chi connectivity index (χ4n) is 3.06. The van der Waals surface area contributed by atoms with Crippen LogP contribution in [0.15, 0.2) is 36.6 Å². The molecule has 1 saturated heterocycles. The molecule has 1 aliphatic rings. The van der Waals surface area contributed by atoms with E-state index in [1.165, 1.54) is 12.8 Å². The average molecular weight is 393 g/mol. The summed E-state index contributed by atoms with van der Waals surface area (Å²) in [6, 6.07) is 0. The van der Waals surface area contributed by atoms with E-state index in [9.17, 15) is 4.79 Å². The van der Waals surface area contributed by atoms with Crippen molar-refractivity contribution in [2.45, 2.75) is 52.9 Å². The predicted molar refractivity (Wildman–Crippen MR) is 121 cm³/mol. The fourth-order valence-corrected chi connectivity index (χ4v) is 3.06. The Morgan fingerprint density at radius 1 is 1.21 bits per heavy atom. The third-order valence-electron chi connectivity index (χ3n) is 5.51. The van der Waals surface area contributed by atoms with E-state index in [-0.39, 0.29) is 5.92 Å².